The van der Waals surface area contributed by atoms with Crippen molar-refractivity contribution >= 4 is 5.97 Å². The molecule has 1 aromatic rings. The number of piperidine rings is 1. The van der Waals surface area contributed by atoms with Crippen molar-refractivity contribution in [2.24, 2.45) is 5.92 Å². The van der Waals surface area contributed by atoms with Gasteiger partial charge in [-0.1, -0.05) is 0 Å². The first-order chi connectivity index (χ1) is 8.20. The number of nitrogens with zero attached hydrogens (tertiary/aromatic N) is 4. The molecule has 2 heterocycles. The van der Waals surface area contributed by atoms with Crippen LogP contribution < -0.4 is 0 Å². The lowest BCUT2D eigenvalue weighted by molar-refractivity contribution is -0.143. The van der Waals surface area contributed by atoms with Crippen LogP contribution >= 0.6 is 0 Å². The van der Waals surface area contributed by atoms with E-state index in [2.05, 4.69) is 15.1 Å². The molecule has 0 bridgehead atoms. The van der Waals surface area contributed by atoms with Crippen molar-refractivity contribution < 1.29 is 9.90 Å². The van der Waals surface area contributed by atoms with Crippen LogP contribution in [-0.4, -0.2) is 43.8 Å². The molecule has 1 aliphatic heterocycles. The molecule has 2 rings (SSSR count). The Hall–Kier alpha value is -1.43. The molecule has 0 spiro atoms. The van der Waals surface area contributed by atoms with Gasteiger partial charge in [-0.3, -0.25) is 9.69 Å². The van der Waals surface area contributed by atoms with Gasteiger partial charge in [0.05, 0.1) is 12.5 Å². The highest BCUT2D eigenvalue weighted by molar-refractivity contribution is 5.70. The van der Waals surface area contributed by atoms with Gasteiger partial charge in [0.1, 0.15) is 12.2 Å². The molecule has 1 saturated heterocycles. The summed E-state index contributed by atoms with van der Waals surface area (Å²) < 4.78 is 1.99. The predicted molar refractivity (Wildman–Crippen MR) is 61.3 cm³/mol. The standard InChI is InChI=1S/C11H18N4O2/c1-2-15-8-12-13-10(15)7-14-5-3-4-9(6-14)11(16)17/h8-9H,2-7H2,1H3,(H,16,17)/t9-/m1/s1. The van der Waals surface area contributed by atoms with Crippen LogP contribution in [0.3, 0.4) is 0 Å². The topological polar surface area (TPSA) is 71.2 Å². The number of carboxylic acids is 1. The number of aromatic nitrogens is 3. The Bertz CT molecular complexity index is 391. The van der Waals surface area contributed by atoms with E-state index in [1.54, 1.807) is 6.33 Å². The Morgan fingerprint density at radius 1 is 1.65 bits per heavy atom. The number of carbonyl (C=O) groups is 1. The van der Waals surface area contributed by atoms with Gasteiger partial charge in [0.15, 0.2) is 0 Å². The molecule has 0 saturated carbocycles. The van der Waals surface area contributed by atoms with E-state index in [1.165, 1.54) is 0 Å². The molecule has 1 N–H and O–H groups in total. The Labute approximate surface area is 100 Å². The molecular formula is C11H18N4O2. The van der Waals surface area contributed by atoms with E-state index in [4.69, 9.17) is 5.11 Å². The zero-order valence-corrected chi connectivity index (χ0v) is 10.0. The zero-order valence-electron chi connectivity index (χ0n) is 10.0. The molecular weight excluding hydrogens is 220 g/mol. The molecule has 6 heteroatoms. The third-order valence-electron chi connectivity index (χ3n) is 3.26. The average Bonchev–Trinajstić information content (AvgIpc) is 2.76. The Balaban J connectivity index is 1.97. The van der Waals surface area contributed by atoms with E-state index in [9.17, 15) is 4.79 Å². The lowest BCUT2D eigenvalue weighted by atomic mass is 9.98. The molecule has 1 fully saturated rings. The SMILES string of the molecule is CCn1cnnc1CN1CCC[C@@H](C(=O)O)C1. The Morgan fingerprint density at radius 3 is 3.18 bits per heavy atom. The third kappa shape index (κ3) is 2.82. The first-order valence-electron chi connectivity index (χ1n) is 6.02. The van der Waals surface area contributed by atoms with Crippen molar-refractivity contribution in [2.75, 3.05) is 13.1 Å². The van der Waals surface area contributed by atoms with Crippen LogP contribution in [0.15, 0.2) is 6.33 Å². The summed E-state index contributed by atoms with van der Waals surface area (Å²) in [5, 5.41) is 17.0. The Morgan fingerprint density at radius 2 is 2.47 bits per heavy atom. The van der Waals surface area contributed by atoms with E-state index in [1.807, 2.05) is 11.5 Å². The van der Waals surface area contributed by atoms with Gasteiger partial charge in [-0.25, -0.2) is 0 Å². The fraction of sp³-hybridized carbons (Fsp3) is 0.727. The maximum Gasteiger partial charge on any atom is 0.307 e. The normalized spacial score (nSPS) is 21.6. The van der Waals surface area contributed by atoms with Gasteiger partial charge in [0.2, 0.25) is 0 Å². The molecule has 0 aromatic carbocycles. The van der Waals surface area contributed by atoms with Crippen LogP contribution in [-0.2, 0) is 17.9 Å². The van der Waals surface area contributed by atoms with Crippen LogP contribution in [0.25, 0.3) is 0 Å². The molecule has 6 nitrogen and oxygen atoms in total. The second-order valence-corrected chi connectivity index (χ2v) is 4.45. The number of hydrogen-bond acceptors (Lipinski definition) is 4. The van der Waals surface area contributed by atoms with Gasteiger partial charge in [-0.05, 0) is 26.3 Å². The maximum absolute atomic E-state index is 11.0. The smallest absolute Gasteiger partial charge is 0.307 e. The maximum atomic E-state index is 11.0. The van der Waals surface area contributed by atoms with Crippen LogP contribution in [0.2, 0.25) is 0 Å². The average molecular weight is 238 g/mol. The first-order valence-corrected chi connectivity index (χ1v) is 6.02. The van der Waals surface area contributed by atoms with E-state index in [-0.39, 0.29) is 5.92 Å². The summed E-state index contributed by atoms with van der Waals surface area (Å²) in [6.07, 6.45) is 3.44. The fourth-order valence-electron chi connectivity index (χ4n) is 2.27. The van der Waals surface area contributed by atoms with Crippen LogP contribution in [0.5, 0.6) is 0 Å². The molecule has 0 amide bonds. The van der Waals surface area contributed by atoms with Crippen molar-refractivity contribution in [3.8, 4) is 0 Å². The number of aryl methyl sites for hydroxylation is 1. The summed E-state index contributed by atoms with van der Waals surface area (Å²) in [5.74, 6) is -0.00746. The number of rotatable bonds is 4. The minimum Gasteiger partial charge on any atom is -0.481 e. The van der Waals surface area contributed by atoms with E-state index < -0.39 is 5.97 Å². The van der Waals surface area contributed by atoms with Crippen molar-refractivity contribution in [1.29, 1.82) is 0 Å². The number of carboxylic acid groups (broad SMARTS) is 1. The van der Waals surface area contributed by atoms with Gasteiger partial charge < -0.3 is 9.67 Å². The summed E-state index contributed by atoms with van der Waals surface area (Å²) in [6.45, 7) is 5.14. The van der Waals surface area contributed by atoms with E-state index in [0.29, 0.717) is 13.1 Å². The van der Waals surface area contributed by atoms with Gasteiger partial charge in [-0.2, -0.15) is 0 Å². The molecule has 0 radical (unpaired) electrons. The highest BCUT2D eigenvalue weighted by Gasteiger charge is 2.25. The lowest BCUT2D eigenvalue weighted by Gasteiger charge is -2.30. The van der Waals surface area contributed by atoms with Crippen LogP contribution in [0, 0.1) is 5.92 Å². The highest BCUT2D eigenvalue weighted by atomic mass is 16.4. The monoisotopic (exact) mass is 238 g/mol. The summed E-state index contributed by atoms with van der Waals surface area (Å²) in [7, 11) is 0. The summed E-state index contributed by atoms with van der Waals surface area (Å²) >= 11 is 0. The van der Waals surface area contributed by atoms with Crippen molar-refractivity contribution in [2.45, 2.75) is 32.9 Å². The van der Waals surface area contributed by atoms with Crippen molar-refractivity contribution in [3.05, 3.63) is 12.2 Å². The molecule has 0 unspecified atom stereocenters. The molecule has 1 aliphatic rings. The minimum atomic E-state index is -0.688. The molecule has 1 aromatic heterocycles. The number of hydrogen-bond donors (Lipinski definition) is 1. The predicted octanol–water partition coefficient (Wildman–Crippen LogP) is 0.595. The lowest BCUT2D eigenvalue weighted by Crippen LogP contribution is -2.38. The molecule has 94 valence electrons. The van der Waals surface area contributed by atoms with Gasteiger partial charge in [-0.15, -0.1) is 10.2 Å². The zero-order chi connectivity index (χ0) is 12.3. The van der Waals surface area contributed by atoms with Crippen LogP contribution in [0.1, 0.15) is 25.6 Å². The summed E-state index contributed by atoms with van der Waals surface area (Å²) in [5.41, 5.74) is 0. The summed E-state index contributed by atoms with van der Waals surface area (Å²) in [4.78, 5) is 13.1. The molecule has 1 atom stereocenters. The number of aliphatic carboxylic acids is 1. The van der Waals surface area contributed by atoms with E-state index in [0.717, 1.165) is 31.8 Å². The second-order valence-electron chi connectivity index (χ2n) is 4.45. The number of likely N-dealkylation sites (tertiary alicyclic amines) is 1. The van der Waals surface area contributed by atoms with Crippen molar-refractivity contribution in [3.63, 3.8) is 0 Å². The van der Waals surface area contributed by atoms with Crippen molar-refractivity contribution in [1.82, 2.24) is 19.7 Å². The van der Waals surface area contributed by atoms with Gasteiger partial charge in [0.25, 0.3) is 0 Å². The first kappa shape index (κ1) is 12.0. The molecule has 0 aliphatic carbocycles. The van der Waals surface area contributed by atoms with Gasteiger partial charge >= 0.3 is 5.97 Å². The Kier molecular flexibility index (Phi) is 3.73. The minimum absolute atomic E-state index is 0.234. The second kappa shape index (κ2) is 5.27. The van der Waals surface area contributed by atoms with Crippen LogP contribution in [0.4, 0.5) is 0 Å². The largest absolute Gasteiger partial charge is 0.481 e. The summed E-state index contributed by atoms with van der Waals surface area (Å²) in [6, 6.07) is 0. The molecule has 17 heavy (non-hydrogen) atoms. The highest BCUT2D eigenvalue weighted by Crippen LogP contribution is 2.18. The third-order valence-corrected chi connectivity index (χ3v) is 3.26. The van der Waals surface area contributed by atoms with E-state index >= 15 is 0 Å². The van der Waals surface area contributed by atoms with Gasteiger partial charge in [0, 0.05) is 13.1 Å². The quantitative estimate of drug-likeness (QED) is 0.831. The fourth-order valence-corrected chi connectivity index (χ4v) is 2.27.